The summed E-state index contributed by atoms with van der Waals surface area (Å²) < 4.78 is 5.64. The molecular weight excluding hydrogens is 324 g/mol. The van der Waals surface area contributed by atoms with Gasteiger partial charge in [0.1, 0.15) is 11.3 Å². The van der Waals surface area contributed by atoms with E-state index in [1.807, 2.05) is 12.1 Å². The predicted octanol–water partition coefficient (Wildman–Crippen LogP) is 2.10. The highest BCUT2D eigenvalue weighted by Crippen LogP contribution is 2.26. The lowest BCUT2D eigenvalue weighted by Gasteiger charge is -2.24. The number of carbonyl (C=O) groups excluding carboxylic acids is 2. The van der Waals surface area contributed by atoms with Crippen LogP contribution in [0.15, 0.2) is 18.2 Å². The number of anilines is 1. The molecule has 3 N–H and O–H groups in total. The van der Waals surface area contributed by atoms with Crippen molar-refractivity contribution in [1.29, 1.82) is 0 Å². The number of hydrogen-bond donors (Lipinski definition) is 3. The van der Waals surface area contributed by atoms with Gasteiger partial charge in [0, 0.05) is 18.5 Å². The molecular formula is C18H24N2O5. The van der Waals surface area contributed by atoms with Gasteiger partial charge in [0.2, 0.25) is 11.8 Å². The molecule has 1 aliphatic heterocycles. The second-order valence-corrected chi connectivity index (χ2v) is 6.36. The summed E-state index contributed by atoms with van der Waals surface area (Å²) in [7, 11) is 0. The molecule has 7 nitrogen and oxygen atoms in total. The van der Waals surface area contributed by atoms with Crippen LogP contribution < -0.4 is 15.4 Å². The Bertz CT molecular complexity index is 673. The molecule has 2 amide bonds. The van der Waals surface area contributed by atoms with E-state index < -0.39 is 11.5 Å². The van der Waals surface area contributed by atoms with Gasteiger partial charge in [0.05, 0.1) is 6.61 Å². The van der Waals surface area contributed by atoms with Gasteiger partial charge < -0.3 is 20.5 Å². The molecule has 1 aromatic rings. The topological polar surface area (TPSA) is 105 Å². The summed E-state index contributed by atoms with van der Waals surface area (Å²) >= 11 is 0. The molecule has 0 aliphatic carbocycles. The first-order valence-corrected chi connectivity index (χ1v) is 8.44. The molecule has 2 rings (SSSR count). The van der Waals surface area contributed by atoms with Crippen molar-refractivity contribution in [1.82, 2.24) is 5.32 Å². The van der Waals surface area contributed by atoms with Crippen molar-refractivity contribution in [2.75, 3.05) is 11.9 Å². The van der Waals surface area contributed by atoms with E-state index in [1.54, 1.807) is 13.0 Å². The van der Waals surface area contributed by atoms with E-state index in [1.165, 1.54) is 6.92 Å². The van der Waals surface area contributed by atoms with Crippen LogP contribution in [-0.2, 0) is 20.8 Å². The minimum absolute atomic E-state index is 0.0209. The van der Waals surface area contributed by atoms with Crippen LogP contribution in [0.25, 0.3) is 0 Å². The van der Waals surface area contributed by atoms with E-state index in [0.29, 0.717) is 38.0 Å². The summed E-state index contributed by atoms with van der Waals surface area (Å²) in [4.78, 5) is 34.4. The molecule has 0 spiro atoms. The molecule has 1 heterocycles. The van der Waals surface area contributed by atoms with E-state index in [9.17, 15) is 14.4 Å². The zero-order valence-electron chi connectivity index (χ0n) is 14.6. The van der Waals surface area contributed by atoms with E-state index in [-0.39, 0.29) is 18.2 Å². The fourth-order valence-corrected chi connectivity index (χ4v) is 2.54. The van der Waals surface area contributed by atoms with Crippen LogP contribution in [0.2, 0.25) is 0 Å². The summed E-state index contributed by atoms with van der Waals surface area (Å²) in [5.41, 5.74) is 0.617. The van der Waals surface area contributed by atoms with Gasteiger partial charge in [0.25, 0.3) is 0 Å². The first-order valence-electron chi connectivity index (χ1n) is 8.44. The molecule has 7 heteroatoms. The van der Waals surface area contributed by atoms with Crippen molar-refractivity contribution in [3.63, 3.8) is 0 Å². The Balaban J connectivity index is 1.77. The van der Waals surface area contributed by atoms with Crippen LogP contribution in [0.1, 0.15) is 45.1 Å². The first kappa shape index (κ1) is 18.8. The highest BCUT2D eigenvalue weighted by molar-refractivity contribution is 5.94. The number of amides is 2. The number of carbonyl (C=O) groups is 3. The molecule has 1 atom stereocenters. The lowest BCUT2D eigenvalue weighted by atomic mass is 9.99. The maximum Gasteiger partial charge on any atom is 0.329 e. The maximum atomic E-state index is 11.9. The Morgan fingerprint density at radius 3 is 2.80 bits per heavy atom. The van der Waals surface area contributed by atoms with Gasteiger partial charge in [-0.25, -0.2) is 4.79 Å². The fourth-order valence-electron chi connectivity index (χ4n) is 2.54. The van der Waals surface area contributed by atoms with Gasteiger partial charge in [-0.2, -0.15) is 0 Å². The number of ether oxygens (including phenoxy) is 1. The average Bonchev–Trinajstić information content (AvgIpc) is 2.58. The molecule has 0 saturated heterocycles. The number of hydrogen-bond acceptors (Lipinski definition) is 4. The van der Waals surface area contributed by atoms with Crippen LogP contribution in [0.3, 0.4) is 0 Å². The molecule has 0 radical (unpaired) electrons. The number of carboxylic acid groups (broad SMARTS) is 1. The van der Waals surface area contributed by atoms with E-state index in [2.05, 4.69) is 10.6 Å². The van der Waals surface area contributed by atoms with E-state index in [0.717, 1.165) is 11.3 Å². The second-order valence-electron chi connectivity index (χ2n) is 6.36. The van der Waals surface area contributed by atoms with Crippen LogP contribution >= 0.6 is 0 Å². The fraction of sp³-hybridized carbons (Fsp3) is 0.500. The number of fused-ring (bicyclic) bond motifs is 1. The quantitative estimate of drug-likeness (QED) is 0.624. The van der Waals surface area contributed by atoms with E-state index in [4.69, 9.17) is 9.84 Å². The SMILES string of the molecule is CCC(C)(NC(=O)CCCOc1ccc2c(c1)CCC(=O)N2)C(=O)O. The van der Waals surface area contributed by atoms with E-state index >= 15 is 0 Å². The predicted molar refractivity (Wildman–Crippen MR) is 92.6 cm³/mol. The summed E-state index contributed by atoms with van der Waals surface area (Å²) in [6, 6.07) is 5.49. The Morgan fingerprint density at radius 2 is 2.12 bits per heavy atom. The zero-order valence-corrected chi connectivity index (χ0v) is 14.6. The van der Waals surface area contributed by atoms with Crippen molar-refractivity contribution in [2.45, 2.75) is 51.5 Å². The van der Waals surface area contributed by atoms with Crippen LogP contribution in [-0.4, -0.2) is 35.0 Å². The van der Waals surface area contributed by atoms with Crippen molar-refractivity contribution < 1.29 is 24.2 Å². The highest BCUT2D eigenvalue weighted by atomic mass is 16.5. The number of aliphatic carboxylic acids is 1. The molecule has 0 bridgehead atoms. The number of rotatable bonds is 8. The summed E-state index contributed by atoms with van der Waals surface area (Å²) in [5, 5.41) is 14.5. The van der Waals surface area contributed by atoms with Crippen molar-refractivity contribution in [2.24, 2.45) is 0 Å². The Hall–Kier alpha value is -2.57. The maximum absolute atomic E-state index is 11.9. The molecule has 1 unspecified atom stereocenters. The van der Waals surface area contributed by atoms with Gasteiger partial charge in [-0.05, 0) is 49.9 Å². The molecule has 0 fully saturated rings. The monoisotopic (exact) mass is 348 g/mol. The molecule has 0 saturated carbocycles. The lowest BCUT2D eigenvalue weighted by Crippen LogP contribution is -2.51. The number of benzene rings is 1. The van der Waals surface area contributed by atoms with Crippen LogP contribution in [0.4, 0.5) is 5.69 Å². The molecule has 1 aromatic carbocycles. The smallest absolute Gasteiger partial charge is 0.329 e. The van der Waals surface area contributed by atoms with Crippen molar-refractivity contribution in [3.05, 3.63) is 23.8 Å². The normalized spacial score (nSPS) is 15.5. The van der Waals surface area contributed by atoms with Gasteiger partial charge in [0.15, 0.2) is 0 Å². The number of nitrogens with one attached hydrogen (secondary N) is 2. The summed E-state index contributed by atoms with van der Waals surface area (Å²) in [5.74, 6) is -0.629. The molecule has 0 aromatic heterocycles. The second kappa shape index (κ2) is 8.00. The number of aryl methyl sites for hydroxylation is 1. The Morgan fingerprint density at radius 1 is 1.36 bits per heavy atom. The molecule has 136 valence electrons. The Labute approximate surface area is 146 Å². The minimum atomic E-state index is -1.24. The number of carboxylic acids is 1. The summed E-state index contributed by atoms with van der Waals surface area (Å²) in [6.45, 7) is 3.57. The lowest BCUT2D eigenvalue weighted by molar-refractivity contribution is -0.147. The van der Waals surface area contributed by atoms with Crippen LogP contribution in [0.5, 0.6) is 5.75 Å². The highest BCUT2D eigenvalue weighted by Gasteiger charge is 2.32. The average molecular weight is 348 g/mol. The molecule has 25 heavy (non-hydrogen) atoms. The van der Waals surface area contributed by atoms with Gasteiger partial charge in [-0.3, -0.25) is 9.59 Å². The Kier molecular flexibility index (Phi) is 6.01. The largest absolute Gasteiger partial charge is 0.494 e. The standard InChI is InChI=1S/C18H24N2O5/c1-3-18(2,17(23)24)20-16(22)5-4-10-25-13-7-8-14-12(11-13)6-9-15(21)19-14/h7-8,11H,3-6,9-10H2,1-2H3,(H,19,21)(H,20,22)(H,23,24). The van der Waals surface area contributed by atoms with Gasteiger partial charge >= 0.3 is 5.97 Å². The van der Waals surface area contributed by atoms with Crippen LogP contribution in [0, 0.1) is 0 Å². The van der Waals surface area contributed by atoms with Gasteiger partial charge in [-0.15, -0.1) is 0 Å². The zero-order chi connectivity index (χ0) is 18.4. The minimum Gasteiger partial charge on any atom is -0.494 e. The van der Waals surface area contributed by atoms with Crippen molar-refractivity contribution in [3.8, 4) is 5.75 Å². The van der Waals surface area contributed by atoms with Crippen molar-refractivity contribution >= 4 is 23.5 Å². The third-order valence-corrected chi connectivity index (χ3v) is 4.38. The first-order chi connectivity index (χ1) is 11.8. The third-order valence-electron chi connectivity index (χ3n) is 4.38. The summed E-state index contributed by atoms with van der Waals surface area (Å²) in [6.07, 6.45) is 2.15. The molecule has 1 aliphatic rings. The van der Waals surface area contributed by atoms with Gasteiger partial charge in [-0.1, -0.05) is 6.92 Å². The third kappa shape index (κ3) is 4.95.